The number of ether oxygens (including phenoxy) is 3. The van der Waals surface area contributed by atoms with Crippen LogP contribution in [0.2, 0.25) is 5.02 Å². The lowest BCUT2D eigenvalue weighted by Crippen LogP contribution is -2.06. The summed E-state index contributed by atoms with van der Waals surface area (Å²) in [7, 11) is 1.56. The van der Waals surface area contributed by atoms with E-state index in [0.717, 1.165) is 3.57 Å². The molecule has 0 atom stereocenters. The van der Waals surface area contributed by atoms with Gasteiger partial charge in [-0.3, -0.25) is 0 Å². The van der Waals surface area contributed by atoms with Gasteiger partial charge in [0.25, 0.3) is 0 Å². The normalized spacial score (nSPS) is 15.0. The predicted octanol–water partition coefficient (Wildman–Crippen LogP) is 4.70. The van der Waals surface area contributed by atoms with Gasteiger partial charge in [-0.15, -0.1) is 0 Å². The van der Waals surface area contributed by atoms with E-state index in [-0.39, 0.29) is 11.6 Å². The van der Waals surface area contributed by atoms with Gasteiger partial charge in [-0.05, 0) is 59.9 Å². The fourth-order valence-electron chi connectivity index (χ4n) is 2.44. The van der Waals surface area contributed by atoms with Crippen LogP contribution in [0.5, 0.6) is 11.5 Å². The van der Waals surface area contributed by atoms with Crippen LogP contribution in [0.15, 0.2) is 47.1 Å². The molecule has 2 aromatic carbocycles. The van der Waals surface area contributed by atoms with Crippen molar-refractivity contribution in [2.24, 2.45) is 4.99 Å². The minimum absolute atomic E-state index is 0.170. The van der Waals surface area contributed by atoms with E-state index in [1.54, 1.807) is 25.3 Å². The summed E-state index contributed by atoms with van der Waals surface area (Å²) < 4.78 is 17.3. The maximum atomic E-state index is 12.3. The molecule has 5 nitrogen and oxygen atoms in total. The Hall–Kier alpha value is -2.06. The summed E-state index contributed by atoms with van der Waals surface area (Å²) in [5.41, 5.74) is 1.42. The molecular formula is C19H15ClINO4. The van der Waals surface area contributed by atoms with E-state index in [9.17, 15) is 4.79 Å². The van der Waals surface area contributed by atoms with Gasteiger partial charge in [0.2, 0.25) is 5.90 Å². The third-order valence-corrected chi connectivity index (χ3v) is 4.59. The molecule has 26 heavy (non-hydrogen) atoms. The SMILES string of the molecule is CCOc1c(/C=C2\N=C(c3cc(I)ccc3Cl)OC2=O)cccc1OC. The molecule has 0 bridgehead atoms. The van der Waals surface area contributed by atoms with Gasteiger partial charge in [0.15, 0.2) is 17.2 Å². The van der Waals surface area contributed by atoms with E-state index in [1.165, 1.54) is 0 Å². The van der Waals surface area contributed by atoms with Crippen molar-refractivity contribution in [3.63, 3.8) is 0 Å². The molecule has 0 N–H and O–H groups in total. The highest BCUT2D eigenvalue weighted by Crippen LogP contribution is 2.34. The van der Waals surface area contributed by atoms with E-state index >= 15 is 0 Å². The largest absolute Gasteiger partial charge is 0.493 e. The number of nitrogens with zero attached hydrogens (tertiary/aromatic N) is 1. The molecule has 0 spiro atoms. The topological polar surface area (TPSA) is 57.1 Å². The molecular weight excluding hydrogens is 469 g/mol. The van der Waals surface area contributed by atoms with E-state index < -0.39 is 5.97 Å². The van der Waals surface area contributed by atoms with E-state index in [4.69, 9.17) is 25.8 Å². The van der Waals surface area contributed by atoms with Gasteiger partial charge < -0.3 is 14.2 Å². The summed E-state index contributed by atoms with van der Waals surface area (Å²) in [4.78, 5) is 16.6. The van der Waals surface area contributed by atoms with Gasteiger partial charge in [0, 0.05) is 9.13 Å². The lowest BCUT2D eigenvalue weighted by Gasteiger charge is -2.11. The van der Waals surface area contributed by atoms with Crippen molar-refractivity contribution in [1.29, 1.82) is 0 Å². The molecule has 0 aromatic heterocycles. The molecule has 1 aliphatic heterocycles. The number of carbonyl (C=O) groups excluding carboxylic acids is 1. The number of esters is 1. The number of halogens is 2. The van der Waals surface area contributed by atoms with E-state index in [2.05, 4.69) is 27.6 Å². The molecule has 0 radical (unpaired) electrons. The molecule has 0 saturated heterocycles. The van der Waals surface area contributed by atoms with Crippen LogP contribution >= 0.6 is 34.2 Å². The highest BCUT2D eigenvalue weighted by Gasteiger charge is 2.26. The summed E-state index contributed by atoms with van der Waals surface area (Å²) >= 11 is 8.37. The van der Waals surface area contributed by atoms with Crippen molar-refractivity contribution < 1.29 is 19.0 Å². The van der Waals surface area contributed by atoms with Crippen molar-refractivity contribution in [3.8, 4) is 11.5 Å². The first-order chi connectivity index (χ1) is 12.5. The lowest BCUT2D eigenvalue weighted by atomic mass is 10.1. The second kappa shape index (κ2) is 8.09. The quantitative estimate of drug-likeness (QED) is 0.352. The van der Waals surface area contributed by atoms with Gasteiger partial charge in [-0.1, -0.05) is 23.7 Å². The molecule has 0 fully saturated rings. The number of rotatable bonds is 5. The number of hydrogen-bond donors (Lipinski definition) is 0. The van der Waals surface area contributed by atoms with E-state index in [1.807, 2.05) is 31.2 Å². The Labute approximate surface area is 169 Å². The van der Waals surface area contributed by atoms with Crippen LogP contribution in [0.3, 0.4) is 0 Å². The maximum Gasteiger partial charge on any atom is 0.363 e. The van der Waals surface area contributed by atoms with Crippen LogP contribution < -0.4 is 9.47 Å². The fraction of sp³-hybridized carbons (Fsp3) is 0.158. The molecule has 1 aliphatic rings. The Kier molecular flexibility index (Phi) is 5.83. The van der Waals surface area contributed by atoms with Crippen molar-refractivity contribution >= 4 is 52.1 Å². The first-order valence-electron chi connectivity index (χ1n) is 7.81. The third kappa shape index (κ3) is 3.86. The van der Waals surface area contributed by atoms with Gasteiger partial charge in [0.1, 0.15) is 0 Å². The Balaban J connectivity index is 2.03. The lowest BCUT2D eigenvalue weighted by molar-refractivity contribution is -0.129. The first kappa shape index (κ1) is 18.7. The monoisotopic (exact) mass is 483 g/mol. The van der Waals surface area contributed by atoms with Crippen molar-refractivity contribution in [1.82, 2.24) is 0 Å². The molecule has 134 valence electrons. The van der Waals surface area contributed by atoms with Crippen LogP contribution in [0.4, 0.5) is 0 Å². The number of methoxy groups -OCH3 is 1. The maximum absolute atomic E-state index is 12.3. The van der Waals surface area contributed by atoms with Crippen LogP contribution in [-0.4, -0.2) is 25.6 Å². The summed E-state index contributed by atoms with van der Waals surface area (Å²) in [5, 5.41) is 0.467. The fourth-order valence-corrected chi connectivity index (χ4v) is 3.13. The first-order valence-corrected chi connectivity index (χ1v) is 9.27. The highest BCUT2D eigenvalue weighted by atomic mass is 127. The molecule has 0 unspecified atom stereocenters. The second-order valence-corrected chi connectivity index (χ2v) is 6.92. The summed E-state index contributed by atoms with van der Waals surface area (Å²) in [5.74, 6) is 0.775. The number of cyclic esters (lactones) is 1. The molecule has 1 heterocycles. The van der Waals surface area contributed by atoms with Crippen molar-refractivity contribution in [3.05, 3.63) is 61.8 Å². The Morgan fingerprint density at radius 1 is 1.31 bits per heavy atom. The zero-order chi connectivity index (χ0) is 18.7. The number of hydrogen-bond acceptors (Lipinski definition) is 5. The Morgan fingerprint density at radius 3 is 2.85 bits per heavy atom. The number of para-hydroxylation sites is 1. The third-order valence-electron chi connectivity index (χ3n) is 3.59. The van der Waals surface area contributed by atoms with Gasteiger partial charge >= 0.3 is 5.97 Å². The van der Waals surface area contributed by atoms with Crippen LogP contribution in [0, 0.1) is 3.57 Å². The second-order valence-electron chi connectivity index (χ2n) is 5.27. The van der Waals surface area contributed by atoms with Gasteiger partial charge in [-0.2, -0.15) is 0 Å². The Morgan fingerprint density at radius 2 is 2.12 bits per heavy atom. The zero-order valence-electron chi connectivity index (χ0n) is 14.1. The highest BCUT2D eigenvalue weighted by molar-refractivity contribution is 14.1. The molecule has 0 amide bonds. The standard InChI is InChI=1S/C19H15ClINO4/c1-3-25-17-11(5-4-6-16(17)24-2)9-15-19(23)26-18(22-15)13-10-12(21)7-8-14(13)20/h4-10H,3H2,1-2H3/b15-9-. The summed E-state index contributed by atoms with van der Waals surface area (Å²) in [6.45, 7) is 2.34. The summed E-state index contributed by atoms with van der Waals surface area (Å²) in [6, 6.07) is 10.8. The van der Waals surface area contributed by atoms with Crippen molar-refractivity contribution in [2.45, 2.75) is 6.92 Å². The van der Waals surface area contributed by atoms with Crippen LogP contribution in [-0.2, 0) is 9.53 Å². The molecule has 0 saturated carbocycles. The minimum atomic E-state index is -0.541. The number of aliphatic imine (C=N–C) groups is 1. The summed E-state index contributed by atoms with van der Waals surface area (Å²) in [6.07, 6.45) is 1.62. The number of carbonyl (C=O) groups is 1. The van der Waals surface area contributed by atoms with Gasteiger partial charge in [-0.25, -0.2) is 9.79 Å². The van der Waals surface area contributed by atoms with Crippen LogP contribution in [0.1, 0.15) is 18.1 Å². The van der Waals surface area contributed by atoms with E-state index in [0.29, 0.717) is 34.3 Å². The smallest absolute Gasteiger partial charge is 0.363 e. The average molecular weight is 484 g/mol. The molecule has 3 rings (SSSR count). The van der Waals surface area contributed by atoms with Crippen molar-refractivity contribution in [2.75, 3.05) is 13.7 Å². The zero-order valence-corrected chi connectivity index (χ0v) is 17.0. The predicted molar refractivity (Wildman–Crippen MR) is 109 cm³/mol. The number of benzene rings is 2. The average Bonchev–Trinajstić information content (AvgIpc) is 2.99. The van der Waals surface area contributed by atoms with Gasteiger partial charge in [0.05, 0.1) is 24.3 Å². The Bertz CT molecular complexity index is 924. The molecule has 7 heteroatoms. The molecule has 2 aromatic rings. The van der Waals surface area contributed by atoms with Crippen LogP contribution in [0.25, 0.3) is 6.08 Å². The molecule has 0 aliphatic carbocycles. The minimum Gasteiger partial charge on any atom is -0.493 e.